The number of halogens is 2. The minimum absolute atomic E-state index is 0.193. The SMILES string of the molecule is Cc1nc(Nc2ncc(C(=O)Nc3c(C)cccc3Cl)s2)cc(N2CCN([I-]C(=O)N3CC4CCC3CN4c3ccc(C4CCC(=O)NC4=O)cc3)CC2)n1. The summed E-state index contributed by atoms with van der Waals surface area (Å²) in [4.78, 5) is 71.5. The van der Waals surface area contributed by atoms with Crippen molar-refractivity contribution >= 4 is 72.7 Å². The minimum atomic E-state index is -0.826. The first-order chi connectivity index (χ1) is 26.6. The number of aryl methyl sites for hydroxylation is 2. The maximum absolute atomic E-state index is 13.7. The number of nitrogens with zero attached hydrogens (tertiary/aromatic N) is 7. The third kappa shape index (κ3) is 8.27. The fraction of sp³-hybridized carbons (Fsp3) is 0.395. The molecule has 4 amide bonds. The van der Waals surface area contributed by atoms with Crippen molar-refractivity contribution in [2.24, 2.45) is 0 Å². The average Bonchev–Trinajstić information content (AvgIpc) is 3.65. The monoisotopic (exact) mass is 895 g/mol. The maximum atomic E-state index is 13.7. The van der Waals surface area contributed by atoms with Crippen LogP contribution in [0.15, 0.2) is 54.7 Å². The standard InChI is InChI=1S/C38H41ClIN10O4S/c1-22-4-3-5-29(39)34(22)46-36(53)30-19-41-38(55-30)44-31-18-32(43-23(2)42-31)47-14-16-48(17-15-47)40-37(54)50-21-26-10-11-27(50)20-49(26)25-8-6-24(7-9-25)28-12-13-33(51)45-35(28)52/h3-9,18-19,26-28H,10-17,20-21H2,1-2H3,(H,46,53)(H,45,51,52)(H,41,42,43,44)/q-1. The summed E-state index contributed by atoms with van der Waals surface area (Å²) in [5.41, 5.74) is 3.50. The van der Waals surface area contributed by atoms with E-state index in [9.17, 15) is 19.2 Å². The van der Waals surface area contributed by atoms with Crippen LogP contribution < -0.4 is 47.2 Å². The number of piperidine rings is 3. The second-order valence-corrected chi connectivity index (χ2v) is 18.4. The third-order valence-corrected chi connectivity index (χ3v) is 14.5. The van der Waals surface area contributed by atoms with Gasteiger partial charge in [0.2, 0.25) is 5.91 Å². The van der Waals surface area contributed by atoms with E-state index < -0.39 is 21.5 Å². The topological polar surface area (TPSA) is 156 Å². The zero-order chi connectivity index (χ0) is 38.2. The van der Waals surface area contributed by atoms with Crippen molar-refractivity contribution in [3.8, 4) is 0 Å². The molecular weight excluding hydrogens is 855 g/mol. The molecule has 14 nitrogen and oxygen atoms in total. The van der Waals surface area contributed by atoms with Crippen LogP contribution in [0, 0.1) is 13.8 Å². The van der Waals surface area contributed by atoms with Crippen LogP contribution in [0.25, 0.3) is 0 Å². The van der Waals surface area contributed by atoms with Gasteiger partial charge in [-0.25, -0.2) is 0 Å². The predicted octanol–water partition coefficient (Wildman–Crippen LogP) is 2.32. The van der Waals surface area contributed by atoms with Crippen LogP contribution in [-0.2, 0) is 9.59 Å². The summed E-state index contributed by atoms with van der Waals surface area (Å²) in [5.74, 6) is 1.02. The number of nitrogens with one attached hydrogen (secondary N) is 3. The van der Waals surface area contributed by atoms with E-state index in [1.165, 1.54) is 17.5 Å². The predicted molar refractivity (Wildman–Crippen MR) is 208 cm³/mol. The molecule has 4 aromatic rings. The van der Waals surface area contributed by atoms with Crippen molar-refractivity contribution in [3.63, 3.8) is 0 Å². The zero-order valence-electron chi connectivity index (χ0n) is 30.4. The Morgan fingerprint density at radius 3 is 2.47 bits per heavy atom. The molecule has 2 aromatic carbocycles. The second kappa shape index (κ2) is 16.0. The number of hydrogen-bond acceptors (Lipinski definition) is 12. The van der Waals surface area contributed by atoms with Gasteiger partial charge in [0, 0.05) is 0 Å². The molecule has 5 fully saturated rings. The van der Waals surface area contributed by atoms with Gasteiger partial charge < -0.3 is 5.32 Å². The van der Waals surface area contributed by atoms with E-state index in [-0.39, 0.29) is 39.6 Å². The number of rotatable bonds is 9. The molecule has 5 aliphatic heterocycles. The Kier molecular flexibility index (Phi) is 10.9. The first kappa shape index (κ1) is 37.5. The van der Waals surface area contributed by atoms with Crippen molar-refractivity contribution in [2.75, 3.05) is 59.7 Å². The van der Waals surface area contributed by atoms with E-state index in [1.807, 2.05) is 44.2 Å². The molecule has 7 heterocycles. The van der Waals surface area contributed by atoms with Crippen LogP contribution in [0.2, 0.25) is 5.02 Å². The molecule has 2 bridgehead atoms. The number of thiazole rings is 1. The summed E-state index contributed by atoms with van der Waals surface area (Å²) in [6.45, 7) is 8.36. The quantitative estimate of drug-likeness (QED) is 0.0746. The van der Waals surface area contributed by atoms with Crippen molar-refractivity contribution < 1.29 is 40.7 Å². The Hall–Kier alpha value is -4.39. The van der Waals surface area contributed by atoms with E-state index in [4.69, 9.17) is 16.6 Å². The fourth-order valence-corrected chi connectivity index (χ4v) is 11.1. The van der Waals surface area contributed by atoms with Crippen LogP contribution in [0.4, 0.5) is 32.9 Å². The molecule has 3 N–H and O–H groups in total. The van der Waals surface area contributed by atoms with Crippen LogP contribution in [0.3, 0.4) is 0 Å². The van der Waals surface area contributed by atoms with Crippen LogP contribution in [0.1, 0.15) is 58.2 Å². The van der Waals surface area contributed by atoms with Gasteiger partial charge in [0.05, 0.1) is 10.7 Å². The molecule has 55 heavy (non-hydrogen) atoms. The Morgan fingerprint density at radius 1 is 0.964 bits per heavy atom. The molecule has 0 saturated carbocycles. The number of piperazine rings is 2. The van der Waals surface area contributed by atoms with E-state index in [1.54, 1.807) is 6.07 Å². The number of fused-ring (bicyclic) bond motifs is 3. The molecule has 0 spiro atoms. The number of carbonyl (C=O) groups excluding carboxylic acids is 4. The average molecular weight is 896 g/mol. The van der Waals surface area contributed by atoms with E-state index in [2.05, 4.69) is 55.9 Å². The van der Waals surface area contributed by atoms with Gasteiger partial charge in [-0.05, 0) is 18.6 Å². The molecule has 5 saturated heterocycles. The van der Waals surface area contributed by atoms with Gasteiger partial charge in [0.15, 0.2) is 0 Å². The molecule has 2 aromatic heterocycles. The number of amides is 4. The van der Waals surface area contributed by atoms with Crippen LogP contribution >= 0.6 is 22.9 Å². The number of para-hydroxylation sites is 1. The van der Waals surface area contributed by atoms with E-state index in [0.29, 0.717) is 45.2 Å². The summed E-state index contributed by atoms with van der Waals surface area (Å²) >= 11 is 6.70. The van der Waals surface area contributed by atoms with Crippen molar-refractivity contribution in [1.82, 2.24) is 28.3 Å². The molecule has 9 rings (SSSR count). The first-order valence-electron chi connectivity index (χ1n) is 18.4. The van der Waals surface area contributed by atoms with Crippen LogP contribution in [0.5, 0.6) is 0 Å². The number of carbonyl (C=O) groups is 4. The molecule has 3 unspecified atom stereocenters. The van der Waals surface area contributed by atoms with Gasteiger partial charge in [0.25, 0.3) is 0 Å². The summed E-state index contributed by atoms with van der Waals surface area (Å²) in [7, 11) is 0. The molecule has 5 aliphatic rings. The summed E-state index contributed by atoms with van der Waals surface area (Å²) in [6.07, 6.45) is 4.50. The molecule has 0 radical (unpaired) electrons. The molecule has 3 atom stereocenters. The Morgan fingerprint density at radius 2 is 1.75 bits per heavy atom. The number of hydrogen-bond donors (Lipinski definition) is 3. The van der Waals surface area contributed by atoms with E-state index in [0.717, 1.165) is 74.7 Å². The molecule has 0 aliphatic carbocycles. The molecule has 17 heteroatoms. The number of imide groups is 1. The van der Waals surface area contributed by atoms with Crippen molar-refractivity contribution in [3.05, 3.63) is 81.6 Å². The fourth-order valence-electron chi connectivity index (χ4n) is 7.71. The third-order valence-electron chi connectivity index (χ3n) is 10.6. The van der Waals surface area contributed by atoms with Gasteiger partial charge in [0.1, 0.15) is 0 Å². The molecule has 288 valence electrons. The van der Waals surface area contributed by atoms with E-state index >= 15 is 0 Å². The van der Waals surface area contributed by atoms with Gasteiger partial charge in [-0.1, -0.05) is 23.7 Å². The van der Waals surface area contributed by atoms with Gasteiger partial charge in [-0.2, -0.15) is 0 Å². The number of anilines is 5. The Labute approximate surface area is 338 Å². The second-order valence-electron chi connectivity index (χ2n) is 14.2. The summed E-state index contributed by atoms with van der Waals surface area (Å²) in [5, 5.41) is 9.60. The summed E-state index contributed by atoms with van der Waals surface area (Å²) in [6, 6.07) is 16.0. The van der Waals surface area contributed by atoms with Crippen LogP contribution in [-0.4, -0.2) is 96.0 Å². The molecular formula is C38H41ClIN10O4S-. The van der Waals surface area contributed by atoms with Crippen molar-refractivity contribution in [2.45, 2.75) is 57.5 Å². The number of benzene rings is 2. The summed E-state index contributed by atoms with van der Waals surface area (Å²) < 4.78 is 2.63. The first-order valence-corrected chi connectivity index (χ1v) is 21.6. The zero-order valence-corrected chi connectivity index (χ0v) is 34.2. The van der Waals surface area contributed by atoms with Gasteiger partial charge >= 0.3 is 267 Å². The number of aromatic nitrogens is 3. The van der Waals surface area contributed by atoms with Gasteiger partial charge in [-0.3, -0.25) is 9.59 Å². The normalized spacial score (nSPS) is 21.5. The Bertz CT molecular complexity index is 2110. The van der Waals surface area contributed by atoms with Crippen molar-refractivity contribution in [1.29, 1.82) is 0 Å². The Balaban J connectivity index is 0.826. The van der Waals surface area contributed by atoms with Gasteiger partial charge in [-0.15, -0.1) is 0 Å².